The monoisotopic (exact) mass is 198 g/mol. The van der Waals surface area contributed by atoms with Crippen LogP contribution in [-0.4, -0.2) is 21.6 Å². The van der Waals surface area contributed by atoms with Gasteiger partial charge in [0.25, 0.3) is 0 Å². The summed E-state index contributed by atoms with van der Waals surface area (Å²) < 4.78 is -0.170. The van der Waals surface area contributed by atoms with Gasteiger partial charge in [-0.2, -0.15) is 0 Å². The van der Waals surface area contributed by atoms with Gasteiger partial charge in [0.05, 0.1) is 6.61 Å². The number of phenols is 1. The predicted molar refractivity (Wildman–Crippen MR) is 55.1 cm³/mol. The van der Waals surface area contributed by atoms with Gasteiger partial charge in [0.15, 0.2) is 0 Å². The van der Waals surface area contributed by atoms with Crippen LogP contribution in [0.1, 0.15) is 13.8 Å². The highest BCUT2D eigenvalue weighted by molar-refractivity contribution is 8.00. The van der Waals surface area contributed by atoms with E-state index in [4.69, 9.17) is 10.2 Å². The van der Waals surface area contributed by atoms with Crippen LogP contribution in [0.2, 0.25) is 0 Å². The minimum Gasteiger partial charge on any atom is -0.508 e. The number of hydrogen-bond acceptors (Lipinski definition) is 3. The Morgan fingerprint density at radius 1 is 1.23 bits per heavy atom. The summed E-state index contributed by atoms with van der Waals surface area (Å²) >= 11 is 1.59. The number of hydrogen-bond donors (Lipinski definition) is 2. The maximum atomic E-state index is 9.05. The zero-order valence-electron chi connectivity index (χ0n) is 7.82. The van der Waals surface area contributed by atoms with Crippen molar-refractivity contribution in [3.63, 3.8) is 0 Å². The number of aliphatic hydroxyl groups excluding tert-OH is 1. The van der Waals surface area contributed by atoms with E-state index in [1.54, 1.807) is 23.9 Å². The highest BCUT2D eigenvalue weighted by Gasteiger charge is 2.17. The Hall–Kier alpha value is -0.670. The van der Waals surface area contributed by atoms with Crippen molar-refractivity contribution in [2.24, 2.45) is 0 Å². The van der Waals surface area contributed by atoms with Gasteiger partial charge >= 0.3 is 0 Å². The largest absolute Gasteiger partial charge is 0.508 e. The van der Waals surface area contributed by atoms with Crippen LogP contribution >= 0.6 is 11.8 Å². The average molecular weight is 198 g/mol. The number of aliphatic hydroxyl groups is 1. The van der Waals surface area contributed by atoms with Crippen LogP contribution in [0.4, 0.5) is 0 Å². The van der Waals surface area contributed by atoms with E-state index in [-0.39, 0.29) is 17.1 Å². The summed E-state index contributed by atoms with van der Waals surface area (Å²) in [4.78, 5) is 1.05. The van der Waals surface area contributed by atoms with Crippen LogP contribution in [0, 0.1) is 0 Å². The normalized spacial score (nSPS) is 11.6. The van der Waals surface area contributed by atoms with Crippen LogP contribution < -0.4 is 0 Å². The molecule has 0 saturated heterocycles. The first-order chi connectivity index (χ1) is 6.03. The van der Waals surface area contributed by atoms with Crippen molar-refractivity contribution < 1.29 is 10.2 Å². The molecular formula is C10H14O2S. The summed E-state index contributed by atoms with van der Waals surface area (Å²) in [6.45, 7) is 4.09. The van der Waals surface area contributed by atoms with Crippen LogP contribution in [-0.2, 0) is 0 Å². The van der Waals surface area contributed by atoms with Gasteiger partial charge in [-0.1, -0.05) is 0 Å². The van der Waals surface area contributed by atoms with Crippen molar-refractivity contribution in [2.75, 3.05) is 6.61 Å². The fourth-order valence-electron chi connectivity index (χ4n) is 0.865. The van der Waals surface area contributed by atoms with E-state index in [0.29, 0.717) is 0 Å². The van der Waals surface area contributed by atoms with E-state index in [0.717, 1.165) is 4.90 Å². The quantitative estimate of drug-likeness (QED) is 0.732. The van der Waals surface area contributed by atoms with Crippen molar-refractivity contribution in [1.29, 1.82) is 0 Å². The van der Waals surface area contributed by atoms with Gasteiger partial charge in [0.1, 0.15) is 5.75 Å². The molecule has 0 aliphatic heterocycles. The molecule has 2 nitrogen and oxygen atoms in total. The van der Waals surface area contributed by atoms with Crippen molar-refractivity contribution in [3.8, 4) is 5.75 Å². The fourth-order valence-corrected chi connectivity index (χ4v) is 1.84. The second-order valence-electron chi connectivity index (χ2n) is 3.51. The van der Waals surface area contributed by atoms with Gasteiger partial charge in [-0.05, 0) is 38.1 Å². The third-order valence-corrected chi connectivity index (χ3v) is 2.80. The van der Waals surface area contributed by atoms with Crippen molar-refractivity contribution in [1.82, 2.24) is 0 Å². The van der Waals surface area contributed by atoms with Gasteiger partial charge in [0.2, 0.25) is 0 Å². The van der Waals surface area contributed by atoms with Gasteiger partial charge < -0.3 is 10.2 Å². The highest BCUT2D eigenvalue weighted by Crippen LogP contribution is 2.32. The summed E-state index contributed by atoms with van der Waals surface area (Å²) in [6.07, 6.45) is 0. The minimum atomic E-state index is -0.170. The Morgan fingerprint density at radius 3 is 2.23 bits per heavy atom. The molecule has 0 radical (unpaired) electrons. The number of benzene rings is 1. The van der Waals surface area contributed by atoms with Crippen LogP contribution in [0.15, 0.2) is 29.2 Å². The fraction of sp³-hybridized carbons (Fsp3) is 0.400. The minimum absolute atomic E-state index is 0.137. The Bertz CT molecular complexity index is 267. The maximum absolute atomic E-state index is 9.05. The van der Waals surface area contributed by atoms with Crippen LogP contribution in [0.5, 0.6) is 5.75 Å². The third kappa shape index (κ3) is 3.28. The smallest absolute Gasteiger partial charge is 0.115 e. The zero-order valence-corrected chi connectivity index (χ0v) is 8.64. The molecule has 0 saturated carbocycles. The SMILES string of the molecule is CC(C)(CO)Sc1ccc(O)cc1. The summed E-state index contributed by atoms with van der Waals surface area (Å²) in [5.74, 6) is 0.270. The molecule has 0 spiro atoms. The molecule has 3 heteroatoms. The molecule has 0 fully saturated rings. The van der Waals surface area contributed by atoms with Gasteiger partial charge in [-0.15, -0.1) is 11.8 Å². The summed E-state index contributed by atoms with van der Waals surface area (Å²) in [5.41, 5.74) is 0. The van der Waals surface area contributed by atoms with Crippen molar-refractivity contribution in [3.05, 3.63) is 24.3 Å². The van der Waals surface area contributed by atoms with E-state index >= 15 is 0 Å². The average Bonchev–Trinajstić information content (AvgIpc) is 2.09. The topological polar surface area (TPSA) is 40.5 Å². The molecule has 0 atom stereocenters. The first-order valence-electron chi connectivity index (χ1n) is 4.12. The van der Waals surface area contributed by atoms with E-state index in [1.165, 1.54) is 0 Å². The molecule has 0 amide bonds. The Labute approximate surface area is 82.6 Å². The molecule has 1 aromatic rings. The molecule has 13 heavy (non-hydrogen) atoms. The van der Waals surface area contributed by atoms with Crippen LogP contribution in [0.3, 0.4) is 0 Å². The standard InChI is InChI=1S/C10H14O2S/c1-10(2,7-11)13-9-5-3-8(12)4-6-9/h3-6,11-12H,7H2,1-2H3. The molecule has 0 bridgehead atoms. The molecular weight excluding hydrogens is 184 g/mol. The molecule has 0 aromatic heterocycles. The van der Waals surface area contributed by atoms with E-state index in [9.17, 15) is 0 Å². The molecule has 0 heterocycles. The number of thioether (sulfide) groups is 1. The van der Waals surface area contributed by atoms with E-state index in [2.05, 4.69) is 0 Å². The highest BCUT2D eigenvalue weighted by atomic mass is 32.2. The number of rotatable bonds is 3. The lowest BCUT2D eigenvalue weighted by atomic mass is 10.2. The lowest BCUT2D eigenvalue weighted by Crippen LogP contribution is -2.19. The lowest BCUT2D eigenvalue weighted by Gasteiger charge is -2.20. The Morgan fingerprint density at radius 2 is 1.77 bits per heavy atom. The first kappa shape index (κ1) is 10.4. The number of phenolic OH excluding ortho intramolecular Hbond substituents is 1. The molecule has 0 aliphatic carbocycles. The Balaban J connectivity index is 2.69. The second-order valence-corrected chi connectivity index (χ2v) is 5.29. The molecule has 1 rings (SSSR count). The Kier molecular flexibility index (Phi) is 3.22. The molecule has 1 aromatic carbocycles. The second kappa shape index (κ2) is 4.03. The van der Waals surface area contributed by atoms with E-state index in [1.807, 2.05) is 26.0 Å². The van der Waals surface area contributed by atoms with Crippen LogP contribution in [0.25, 0.3) is 0 Å². The molecule has 0 aliphatic rings. The maximum Gasteiger partial charge on any atom is 0.115 e. The predicted octanol–water partition coefficient (Wildman–Crippen LogP) is 2.26. The lowest BCUT2D eigenvalue weighted by molar-refractivity contribution is 0.265. The van der Waals surface area contributed by atoms with Crippen molar-refractivity contribution >= 4 is 11.8 Å². The van der Waals surface area contributed by atoms with Gasteiger partial charge in [-0.25, -0.2) is 0 Å². The summed E-state index contributed by atoms with van der Waals surface area (Å²) in [7, 11) is 0. The molecule has 72 valence electrons. The summed E-state index contributed by atoms with van der Waals surface area (Å²) in [5, 5.41) is 18.1. The molecule has 2 N–H and O–H groups in total. The summed E-state index contributed by atoms with van der Waals surface area (Å²) in [6, 6.07) is 6.99. The zero-order chi connectivity index (χ0) is 9.90. The molecule has 0 unspecified atom stereocenters. The number of aromatic hydroxyl groups is 1. The third-order valence-electron chi connectivity index (χ3n) is 1.61. The van der Waals surface area contributed by atoms with Crippen molar-refractivity contribution in [2.45, 2.75) is 23.5 Å². The van der Waals surface area contributed by atoms with Gasteiger partial charge in [0, 0.05) is 9.64 Å². The van der Waals surface area contributed by atoms with E-state index < -0.39 is 0 Å². The van der Waals surface area contributed by atoms with Gasteiger partial charge in [-0.3, -0.25) is 0 Å². The first-order valence-corrected chi connectivity index (χ1v) is 4.94.